The molecule has 27 heavy (non-hydrogen) atoms. The molecule has 0 unspecified atom stereocenters. The molecule has 3 rings (SSSR count). The molecule has 1 heterocycles. The minimum Gasteiger partial charge on any atom is -0.366 e. The lowest BCUT2D eigenvalue weighted by molar-refractivity contribution is 0.0999. The highest BCUT2D eigenvalue weighted by Crippen LogP contribution is 2.21. The van der Waals surface area contributed by atoms with Crippen molar-refractivity contribution >= 4 is 33.6 Å². The first-order chi connectivity index (χ1) is 12.9. The summed E-state index contributed by atoms with van der Waals surface area (Å²) < 4.78 is 6.10. The first-order valence-electron chi connectivity index (χ1n) is 7.96. The maximum absolute atomic E-state index is 12.0. The maximum atomic E-state index is 12.0. The fourth-order valence-electron chi connectivity index (χ4n) is 2.36. The molecule has 0 atom stereocenters. The zero-order valence-electron chi connectivity index (χ0n) is 14.3. The van der Waals surface area contributed by atoms with Crippen molar-refractivity contribution in [1.82, 2.24) is 15.5 Å². The monoisotopic (exact) mass is 429 g/mol. The Morgan fingerprint density at radius 2 is 2.04 bits per heavy atom. The molecule has 3 amide bonds. The van der Waals surface area contributed by atoms with Crippen molar-refractivity contribution in [3.63, 3.8) is 0 Å². The van der Waals surface area contributed by atoms with Crippen LogP contribution in [0.4, 0.5) is 10.5 Å². The third kappa shape index (κ3) is 4.70. The number of carbonyl (C=O) groups excluding carboxylic acids is 2. The van der Waals surface area contributed by atoms with Gasteiger partial charge in [-0.25, -0.2) is 4.79 Å². The van der Waals surface area contributed by atoms with Gasteiger partial charge in [0.15, 0.2) is 5.82 Å². The molecule has 0 radical (unpaired) electrons. The Morgan fingerprint density at radius 1 is 1.22 bits per heavy atom. The molecule has 0 saturated heterocycles. The van der Waals surface area contributed by atoms with Gasteiger partial charge in [0.2, 0.25) is 5.91 Å². The zero-order valence-corrected chi connectivity index (χ0v) is 15.9. The first kappa shape index (κ1) is 18.6. The summed E-state index contributed by atoms with van der Waals surface area (Å²) in [6.45, 7) is 1.85. The molecule has 0 fully saturated rings. The Bertz CT molecular complexity index is 1000. The van der Waals surface area contributed by atoms with Crippen molar-refractivity contribution in [1.29, 1.82) is 0 Å². The van der Waals surface area contributed by atoms with Crippen LogP contribution in [0, 0.1) is 6.92 Å². The van der Waals surface area contributed by atoms with Crippen molar-refractivity contribution in [3.8, 4) is 11.5 Å². The van der Waals surface area contributed by atoms with Crippen LogP contribution in [0.15, 0.2) is 51.5 Å². The molecule has 9 heteroatoms. The van der Waals surface area contributed by atoms with Crippen LogP contribution in [-0.2, 0) is 6.54 Å². The molecule has 0 aliphatic heterocycles. The van der Waals surface area contributed by atoms with Gasteiger partial charge in [-0.2, -0.15) is 4.98 Å². The number of nitrogens with one attached hydrogen (secondary N) is 2. The molecule has 2 aromatic carbocycles. The van der Waals surface area contributed by atoms with Crippen LogP contribution in [0.25, 0.3) is 11.5 Å². The second kappa shape index (κ2) is 8.00. The van der Waals surface area contributed by atoms with Gasteiger partial charge in [-0.15, -0.1) is 0 Å². The highest BCUT2D eigenvalue weighted by Gasteiger charge is 2.11. The summed E-state index contributed by atoms with van der Waals surface area (Å²) in [5.41, 5.74) is 7.62. The standard InChI is InChI=1S/C18H16BrN5O3/c1-10-5-6-13(8-14(10)16(20)25)22-18(26)21-9-15-23-17(27-24-15)11-3-2-4-12(19)7-11/h2-8H,9H2,1H3,(H2,20,25)(H2,21,22,26). The molecular weight excluding hydrogens is 414 g/mol. The van der Waals surface area contributed by atoms with Crippen LogP contribution in [0.3, 0.4) is 0 Å². The van der Waals surface area contributed by atoms with Gasteiger partial charge >= 0.3 is 6.03 Å². The van der Waals surface area contributed by atoms with Crippen molar-refractivity contribution in [2.75, 3.05) is 5.32 Å². The van der Waals surface area contributed by atoms with Crippen molar-refractivity contribution in [3.05, 3.63) is 63.9 Å². The van der Waals surface area contributed by atoms with Crippen LogP contribution in [0.1, 0.15) is 21.7 Å². The number of benzene rings is 2. The Hall–Kier alpha value is -3.20. The Morgan fingerprint density at radius 3 is 2.78 bits per heavy atom. The average molecular weight is 430 g/mol. The number of aromatic nitrogens is 2. The second-order valence-corrected chi connectivity index (χ2v) is 6.64. The molecule has 4 N–H and O–H groups in total. The lowest BCUT2D eigenvalue weighted by atomic mass is 10.1. The van der Waals surface area contributed by atoms with Gasteiger partial charge in [-0.1, -0.05) is 33.2 Å². The van der Waals surface area contributed by atoms with Crippen LogP contribution in [-0.4, -0.2) is 22.1 Å². The molecule has 1 aromatic heterocycles. The highest BCUT2D eigenvalue weighted by atomic mass is 79.9. The van der Waals surface area contributed by atoms with E-state index in [2.05, 4.69) is 36.7 Å². The van der Waals surface area contributed by atoms with Gasteiger partial charge in [0.25, 0.3) is 5.89 Å². The van der Waals surface area contributed by atoms with Gasteiger partial charge in [0.05, 0.1) is 6.54 Å². The number of primary amides is 1. The van der Waals surface area contributed by atoms with Gasteiger partial charge in [0.1, 0.15) is 0 Å². The fraction of sp³-hybridized carbons (Fsp3) is 0.111. The summed E-state index contributed by atoms with van der Waals surface area (Å²) in [7, 11) is 0. The average Bonchev–Trinajstić information content (AvgIpc) is 3.10. The first-order valence-corrected chi connectivity index (χ1v) is 8.75. The highest BCUT2D eigenvalue weighted by molar-refractivity contribution is 9.10. The molecule has 0 aliphatic carbocycles. The second-order valence-electron chi connectivity index (χ2n) is 5.73. The van der Waals surface area contributed by atoms with E-state index in [9.17, 15) is 9.59 Å². The summed E-state index contributed by atoms with van der Waals surface area (Å²) in [6.07, 6.45) is 0. The van der Waals surface area contributed by atoms with E-state index in [0.29, 0.717) is 23.0 Å². The Kier molecular flexibility index (Phi) is 5.51. The van der Waals surface area contributed by atoms with E-state index < -0.39 is 11.9 Å². The minimum atomic E-state index is -0.552. The number of urea groups is 1. The number of anilines is 1. The largest absolute Gasteiger partial charge is 0.366 e. The van der Waals surface area contributed by atoms with Crippen molar-refractivity contribution < 1.29 is 14.1 Å². The predicted octanol–water partition coefficient (Wildman–Crippen LogP) is 3.23. The smallest absolute Gasteiger partial charge is 0.319 e. The van der Waals surface area contributed by atoms with E-state index in [1.807, 2.05) is 24.3 Å². The van der Waals surface area contributed by atoms with Gasteiger partial charge < -0.3 is 20.9 Å². The van der Waals surface area contributed by atoms with Gasteiger partial charge in [-0.3, -0.25) is 4.79 Å². The lowest BCUT2D eigenvalue weighted by Crippen LogP contribution is -2.28. The third-order valence-corrected chi connectivity index (χ3v) is 4.20. The number of nitrogens with zero attached hydrogens (tertiary/aromatic N) is 2. The van der Waals surface area contributed by atoms with E-state index in [-0.39, 0.29) is 6.54 Å². The van der Waals surface area contributed by atoms with Gasteiger partial charge in [-0.05, 0) is 42.8 Å². The Balaban J connectivity index is 1.60. The summed E-state index contributed by atoms with van der Waals surface area (Å²) in [4.78, 5) is 27.7. The minimum absolute atomic E-state index is 0.0812. The number of halogens is 1. The quantitative estimate of drug-likeness (QED) is 0.574. The van der Waals surface area contributed by atoms with E-state index in [4.69, 9.17) is 10.3 Å². The number of aryl methyl sites for hydroxylation is 1. The molecule has 0 saturated carbocycles. The molecule has 0 bridgehead atoms. The van der Waals surface area contributed by atoms with Crippen LogP contribution < -0.4 is 16.4 Å². The number of nitrogens with two attached hydrogens (primary N) is 1. The summed E-state index contributed by atoms with van der Waals surface area (Å²) in [5, 5.41) is 9.10. The SMILES string of the molecule is Cc1ccc(NC(=O)NCc2noc(-c3cccc(Br)c3)n2)cc1C(N)=O. The number of carbonyl (C=O) groups is 2. The maximum Gasteiger partial charge on any atom is 0.319 e. The van der Waals surface area contributed by atoms with E-state index >= 15 is 0 Å². The van der Waals surface area contributed by atoms with Crippen LogP contribution >= 0.6 is 15.9 Å². The summed E-state index contributed by atoms with van der Waals surface area (Å²) >= 11 is 3.38. The van der Waals surface area contributed by atoms with Crippen molar-refractivity contribution in [2.45, 2.75) is 13.5 Å². The summed E-state index contributed by atoms with van der Waals surface area (Å²) in [6, 6.07) is 11.9. The zero-order chi connectivity index (χ0) is 19.4. The van der Waals surface area contributed by atoms with Crippen LogP contribution in [0.2, 0.25) is 0 Å². The number of rotatable bonds is 5. The van der Waals surface area contributed by atoms with Crippen molar-refractivity contribution in [2.24, 2.45) is 5.73 Å². The Labute approximate surface area is 163 Å². The fourth-order valence-corrected chi connectivity index (χ4v) is 2.76. The van der Waals surface area contributed by atoms with Crippen LogP contribution in [0.5, 0.6) is 0 Å². The molecule has 0 spiro atoms. The van der Waals surface area contributed by atoms with E-state index in [1.54, 1.807) is 19.1 Å². The number of amides is 3. The molecule has 138 valence electrons. The molecule has 0 aliphatic rings. The topological polar surface area (TPSA) is 123 Å². The molecule has 3 aromatic rings. The summed E-state index contributed by atoms with van der Waals surface area (Å²) in [5.74, 6) is 0.142. The number of hydrogen-bond donors (Lipinski definition) is 3. The predicted molar refractivity (Wildman–Crippen MR) is 103 cm³/mol. The van der Waals surface area contributed by atoms with E-state index in [1.165, 1.54) is 6.07 Å². The lowest BCUT2D eigenvalue weighted by Gasteiger charge is -2.08. The third-order valence-electron chi connectivity index (χ3n) is 3.71. The molecular formula is C18H16BrN5O3. The molecule has 8 nitrogen and oxygen atoms in total. The van der Waals surface area contributed by atoms with E-state index in [0.717, 1.165) is 15.6 Å². The number of hydrogen-bond acceptors (Lipinski definition) is 5. The van der Waals surface area contributed by atoms with Gasteiger partial charge in [0, 0.05) is 21.3 Å². The normalized spacial score (nSPS) is 10.4.